The summed E-state index contributed by atoms with van der Waals surface area (Å²) in [6.45, 7) is 6.57. The minimum atomic E-state index is 0. The predicted octanol–water partition coefficient (Wildman–Crippen LogP) is 4.45. The lowest BCUT2D eigenvalue weighted by Gasteiger charge is -2.26. The number of amides is 1. The maximum Gasteiger partial charge on any atom is 0.253 e. The van der Waals surface area contributed by atoms with Gasteiger partial charge >= 0.3 is 0 Å². The van der Waals surface area contributed by atoms with Crippen LogP contribution in [0.25, 0.3) is 0 Å². The van der Waals surface area contributed by atoms with Gasteiger partial charge in [-0.15, -0.1) is 24.0 Å². The van der Waals surface area contributed by atoms with Crippen molar-refractivity contribution in [2.45, 2.75) is 39.3 Å². The Labute approximate surface area is 215 Å². The van der Waals surface area contributed by atoms with Crippen molar-refractivity contribution >= 4 is 35.8 Å². The number of benzene rings is 2. The highest BCUT2D eigenvalue weighted by atomic mass is 127. The maximum atomic E-state index is 12.8. The minimum Gasteiger partial charge on any atom is -0.376 e. The van der Waals surface area contributed by atoms with E-state index in [1.807, 2.05) is 47.4 Å². The molecule has 2 aromatic carbocycles. The van der Waals surface area contributed by atoms with E-state index in [4.69, 9.17) is 4.74 Å². The SMILES string of the molecule is CN=C(NCc1cccc(C(=O)N2CCCCC2)c1)NCC(C)COCc1ccccc1.I. The van der Waals surface area contributed by atoms with E-state index in [0.717, 1.165) is 49.6 Å². The summed E-state index contributed by atoms with van der Waals surface area (Å²) >= 11 is 0. The van der Waals surface area contributed by atoms with Crippen LogP contribution in [0.1, 0.15) is 47.7 Å². The standard InChI is InChI=1S/C26H36N4O2.HI/c1-21(19-32-20-22-10-5-3-6-11-22)17-28-26(27-2)29-18-23-12-9-13-24(16-23)25(31)30-14-7-4-8-15-30;/h3,5-6,9-13,16,21H,4,7-8,14-15,17-20H2,1-2H3,(H2,27,28,29);1H. The van der Waals surface area contributed by atoms with Gasteiger partial charge in [0.05, 0.1) is 13.2 Å². The summed E-state index contributed by atoms with van der Waals surface area (Å²) in [7, 11) is 1.77. The molecular formula is C26H37IN4O2. The van der Waals surface area contributed by atoms with Crippen LogP contribution in [0, 0.1) is 5.92 Å². The van der Waals surface area contributed by atoms with Gasteiger partial charge in [0.2, 0.25) is 0 Å². The molecule has 3 rings (SSSR count). The molecule has 1 amide bonds. The molecule has 0 saturated carbocycles. The lowest BCUT2D eigenvalue weighted by atomic mass is 10.1. The normalized spacial score (nSPS) is 14.8. The van der Waals surface area contributed by atoms with E-state index in [-0.39, 0.29) is 29.9 Å². The van der Waals surface area contributed by atoms with Gasteiger partial charge in [-0.05, 0) is 48.4 Å². The fourth-order valence-electron chi connectivity index (χ4n) is 3.78. The van der Waals surface area contributed by atoms with E-state index >= 15 is 0 Å². The van der Waals surface area contributed by atoms with Crippen molar-refractivity contribution in [1.29, 1.82) is 0 Å². The van der Waals surface area contributed by atoms with Gasteiger partial charge in [0, 0.05) is 38.8 Å². The molecule has 33 heavy (non-hydrogen) atoms. The van der Waals surface area contributed by atoms with Crippen LogP contribution in [0.15, 0.2) is 59.6 Å². The summed E-state index contributed by atoms with van der Waals surface area (Å²) in [6, 6.07) is 18.1. The minimum absolute atomic E-state index is 0. The van der Waals surface area contributed by atoms with Crippen molar-refractivity contribution in [2.75, 3.05) is 33.3 Å². The van der Waals surface area contributed by atoms with Gasteiger partial charge < -0.3 is 20.3 Å². The third-order valence-corrected chi connectivity index (χ3v) is 5.63. The molecule has 0 aromatic heterocycles. The third-order valence-electron chi connectivity index (χ3n) is 5.63. The van der Waals surface area contributed by atoms with Crippen molar-refractivity contribution < 1.29 is 9.53 Å². The Hall–Kier alpha value is -2.13. The number of guanidine groups is 1. The van der Waals surface area contributed by atoms with Crippen LogP contribution in [0.3, 0.4) is 0 Å². The van der Waals surface area contributed by atoms with Crippen molar-refractivity contribution in [3.63, 3.8) is 0 Å². The van der Waals surface area contributed by atoms with Crippen LogP contribution in [-0.4, -0.2) is 50.1 Å². The Kier molecular flexibility index (Phi) is 12.2. The van der Waals surface area contributed by atoms with Crippen LogP contribution in [0.2, 0.25) is 0 Å². The summed E-state index contributed by atoms with van der Waals surface area (Å²) in [4.78, 5) is 19.0. The zero-order valence-electron chi connectivity index (χ0n) is 19.8. The van der Waals surface area contributed by atoms with Gasteiger partial charge in [0.25, 0.3) is 5.91 Å². The average Bonchev–Trinajstić information content (AvgIpc) is 2.85. The smallest absolute Gasteiger partial charge is 0.253 e. The number of nitrogens with zero attached hydrogens (tertiary/aromatic N) is 2. The number of piperidine rings is 1. The molecule has 6 nitrogen and oxygen atoms in total. The van der Waals surface area contributed by atoms with Gasteiger partial charge in [-0.3, -0.25) is 9.79 Å². The molecule has 1 heterocycles. The van der Waals surface area contributed by atoms with Crippen molar-refractivity contribution in [1.82, 2.24) is 15.5 Å². The second-order valence-electron chi connectivity index (χ2n) is 8.47. The number of hydrogen-bond acceptors (Lipinski definition) is 3. The first-order valence-electron chi connectivity index (χ1n) is 11.6. The topological polar surface area (TPSA) is 66.0 Å². The van der Waals surface area contributed by atoms with Crippen LogP contribution < -0.4 is 10.6 Å². The number of halogens is 1. The monoisotopic (exact) mass is 564 g/mol. The number of nitrogens with one attached hydrogen (secondary N) is 2. The molecule has 1 aliphatic rings. The van der Waals surface area contributed by atoms with Gasteiger partial charge in [-0.2, -0.15) is 0 Å². The summed E-state index contributed by atoms with van der Waals surface area (Å²) in [5.74, 6) is 1.23. The predicted molar refractivity (Wildman–Crippen MR) is 145 cm³/mol. The van der Waals surface area contributed by atoms with Crippen molar-refractivity contribution in [3.05, 3.63) is 71.3 Å². The highest BCUT2D eigenvalue weighted by Gasteiger charge is 2.18. The summed E-state index contributed by atoms with van der Waals surface area (Å²) in [6.07, 6.45) is 3.42. The molecular weight excluding hydrogens is 527 g/mol. The number of aliphatic imine (C=N–C) groups is 1. The van der Waals surface area contributed by atoms with Crippen LogP contribution in [0.4, 0.5) is 0 Å². The van der Waals surface area contributed by atoms with E-state index < -0.39 is 0 Å². The Morgan fingerprint density at radius 2 is 1.76 bits per heavy atom. The molecule has 0 bridgehead atoms. The van der Waals surface area contributed by atoms with Crippen LogP contribution in [0.5, 0.6) is 0 Å². The zero-order valence-corrected chi connectivity index (χ0v) is 22.1. The lowest BCUT2D eigenvalue weighted by molar-refractivity contribution is 0.0724. The van der Waals surface area contributed by atoms with Crippen LogP contribution >= 0.6 is 24.0 Å². The molecule has 1 unspecified atom stereocenters. The summed E-state index contributed by atoms with van der Waals surface area (Å²) in [5, 5.41) is 6.70. The summed E-state index contributed by atoms with van der Waals surface area (Å²) in [5.41, 5.74) is 3.01. The number of hydrogen-bond donors (Lipinski definition) is 2. The van der Waals surface area contributed by atoms with Gasteiger partial charge in [-0.1, -0.05) is 49.4 Å². The molecule has 1 saturated heterocycles. The Balaban J connectivity index is 0.00000385. The molecule has 0 radical (unpaired) electrons. The van der Waals surface area contributed by atoms with Crippen molar-refractivity contribution in [2.24, 2.45) is 10.9 Å². The Morgan fingerprint density at radius 1 is 1.03 bits per heavy atom. The molecule has 2 N–H and O–H groups in total. The summed E-state index contributed by atoms with van der Waals surface area (Å²) < 4.78 is 5.83. The quantitative estimate of drug-likeness (QED) is 0.269. The number of carbonyl (C=O) groups is 1. The number of rotatable bonds is 9. The first kappa shape index (κ1) is 27.1. The molecule has 7 heteroatoms. The Morgan fingerprint density at radius 3 is 2.48 bits per heavy atom. The van der Waals surface area contributed by atoms with Crippen LogP contribution in [-0.2, 0) is 17.9 Å². The largest absolute Gasteiger partial charge is 0.376 e. The maximum absolute atomic E-state index is 12.8. The van der Waals surface area contributed by atoms with E-state index in [1.165, 1.54) is 12.0 Å². The molecule has 1 atom stereocenters. The second-order valence-corrected chi connectivity index (χ2v) is 8.47. The van der Waals surface area contributed by atoms with E-state index in [1.54, 1.807) is 7.05 Å². The zero-order chi connectivity index (χ0) is 22.6. The molecule has 1 aliphatic heterocycles. The molecule has 1 fully saturated rings. The van der Waals surface area contributed by atoms with Gasteiger partial charge in [0.1, 0.15) is 0 Å². The molecule has 0 spiro atoms. The van der Waals surface area contributed by atoms with Gasteiger partial charge in [-0.25, -0.2) is 0 Å². The van der Waals surface area contributed by atoms with E-state index in [9.17, 15) is 4.79 Å². The fraction of sp³-hybridized carbons (Fsp3) is 0.462. The first-order chi connectivity index (χ1) is 15.7. The number of ether oxygens (including phenoxy) is 1. The Bertz CT molecular complexity index is 870. The molecule has 180 valence electrons. The molecule has 0 aliphatic carbocycles. The van der Waals surface area contributed by atoms with E-state index in [2.05, 4.69) is 34.7 Å². The third kappa shape index (κ3) is 9.33. The van der Waals surface area contributed by atoms with Gasteiger partial charge in [0.15, 0.2) is 5.96 Å². The highest BCUT2D eigenvalue weighted by Crippen LogP contribution is 2.14. The average molecular weight is 565 g/mol. The van der Waals surface area contributed by atoms with Crippen molar-refractivity contribution in [3.8, 4) is 0 Å². The number of likely N-dealkylation sites (tertiary alicyclic amines) is 1. The number of carbonyl (C=O) groups excluding carboxylic acids is 1. The fourth-order valence-corrected chi connectivity index (χ4v) is 3.78. The van der Waals surface area contributed by atoms with E-state index in [0.29, 0.717) is 25.7 Å². The first-order valence-corrected chi connectivity index (χ1v) is 11.6. The lowest BCUT2D eigenvalue weighted by Crippen LogP contribution is -2.39. The highest BCUT2D eigenvalue weighted by molar-refractivity contribution is 14.0. The second kappa shape index (κ2) is 14.9. The molecule has 2 aromatic rings.